The summed E-state index contributed by atoms with van der Waals surface area (Å²) in [5, 5.41) is 6.73. The maximum Gasteiger partial charge on any atom is 0.271 e. The highest BCUT2D eigenvalue weighted by atomic mass is 16.2. The molecular formula is C8H13N3O. The average Bonchev–Trinajstić information content (AvgIpc) is 2.58. The van der Waals surface area contributed by atoms with Gasteiger partial charge < -0.3 is 5.32 Å². The van der Waals surface area contributed by atoms with Crippen LogP contribution in [0.3, 0.4) is 0 Å². The number of nitrogens with zero attached hydrogens (tertiary/aromatic N) is 2. The smallest absolute Gasteiger partial charge is 0.271 e. The summed E-state index contributed by atoms with van der Waals surface area (Å²) in [6.07, 6.45) is 0. The first-order valence-electron chi connectivity index (χ1n) is 4.10. The molecule has 1 aliphatic rings. The minimum Gasteiger partial charge on any atom is -0.331 e. The van der Waals surface area contributed by atoms with E-state index in [9.17, 15) is 4.79 Å². The highest BCUT2D eigenvalue weighted by Crippen LogP contribution is 2.07. The summed E-state index contributed by atoms with van der Waals surface area (Å²) in [5.41, 5.74) is 1.56. The van der Waals surface area contributed by atoms with Crippen LogP contribution in [0.25, 0.3) is 0 Å². The number of aromatic nitrogens is 2. The molecule has 0 saturated carbocycles. The third-order valence-electron chi connectivity index (χ3n) is 1.52. The topological polar surface area (TPSA) is 46.9 Å². The molecule has 0 unspecified atom stereocenters. The molecule has 66 valence electrons. The lowest BCUT2D eigenvalue weighted by molar-refractivity contribution is 0.0965. The lowest BCUT2D eigenvalue weighted by atomic mass is 10.4. The molecule has 0 spiro atoms. The molecule has 0 bridgehead atoms. The molecule has 2 heterocycles. The number of nitrogens with one attached hydrogen (secondary N) is 1. The largest absolute Gasteiger partial charge is 0.331 e. The van der Waals surface area contributed by atoms with Crippen molar-refractivity contribution in [2.45, 2.75) is 27.4 Å². The van der Waals surface area contributed by atoms with E-state index in [1.54, 1.807) is 10.7 Å². The summed E-state index contributed by atoms with van der Waals surface area (Å²) < 4.78 is 1.66. The van der Waals surface area contributed by atoms with E-state index in [0.717, 1.165) is 5.69 Å². The van der Waals surface area contributed by atoms with Gasteiger partial charge in [0.15, 0.2) is 0 Å². The number of fused-ring (bicyclic) bond motifs is 1. The Kier molecular flexibility index (Phi) is 2.47. The summed E-state index contributed by atoms with van der Waals surface area (Å²) in [5.74, 6) is -0.0272. The zero-order chi connectivity index (χ0) is 9.14. The van der Waals surface area contributed by atoms with Crippen molar-refractivity contribution in [1.82, 2.24) is 15.1 Å². The van der Waals surface area contributed by atoms with Gasteiger partial charge in [0.05, 0.1) is 5.69 Å². The number of carbonyl (C=O) groups is 1. The van der Waals surface area contributed by atoms with Crippen molar-refractivity contribution in [3.8, 4) is 0 Å². The highest BCUT2D eigenvalue weighted by molar-refractivity contribution is 5.94. The molecule has 0 aliphatic carbocycles. The Hall–Kier alpha value is -1.32. The molecule has 1 N–H and O–H groups in total. The van der Waals surface area contributed by atoms with Gasteiger partial charge in [-0.25, -0.2) is 4.68 Å². The first-order valence-corrected chi connectivity index (χ1v) is 4.10. The molecule has 0 fully saturated rings. The molecule has 1 amide bonds. The maximum atomic E-state index is 10.9. The number of carbonyl (C=O) groups excluding carboxylic acids is 1. The van der Waals surface area contributed by atoms with Crippen LogP contribution in [-0.4, -0.2) is 15.7 Å². The van der Waals surface area contributed by atoms with Gasteiger partial charge in [-0.05, 0) is 13.0 Å². The summed E-state index contributed by atoms with van der Waals surface area (Å²) in [6.45, 7) is 6.39. The van der Waals surface area contributed by atoms with E-state index in [4.69, 9.17) is 0 Å². The highest BCUT2D eigenvalue weighted by Gasteiger charge is 2.19. The molecule has 1 aromatic rings. The molecule has 1 aliphatic heterocycles. The average molecular weight is 167 g/mol. The lowest BCUT2D eigenvalue weighted by Gasteiger charge is -1.88. The van der Waals surface area contributed by atoms with E-state index in [0.29, 0.717) is 12.4 Å². The van der Waals surface area contributed by atoms with Crippen molar-refractivity contribution in [1.29, 1.82) is 0 Å². The summed E-state index contributed by atoms with van der Waals surface area (Å²) in [4.78, 5) is 10.9. The van der Waals surface area contributed by atoms with Crippen LogP contribution in [0.1, 0.15) is 30.0 Å². The Labute approximate surface area is 71.6 Å². The van der Waals surface area contributed by atoms with Crippen molar-refractivity contribution >= 4 is 5.91 Å². The molecule has 4 heteroatoms. The van der Waals surface area contributed by atoms with Gasteiger partial charge in [0.25, 0.3) is 5.91 Å². The fourth-order valence-corrected chi connectivity index (χ4v) is 1.09. The summed E-state index contributed by atoms with van der Waals surface area (Å²) in [7, 11) is 0. The first kappa shape index (κ1) is 8.77. The van der Waals surface area contributed by atoms with Crippen LogP contribution in [0, 0.1) is 6.92 Å². The van der Waals surface area contributed by atoms with E-state index >= 15 is 0 Å². The molecule has 0 aromatic carbocycles. The van der Waals surface area contributed by atoms with E-state index in [2.05, 4.69) is 10.4 Å². The van der Waals surface area contributed by atoms with Crippen LogP contribution in [0.5, 0.6) is 0 Å². The normalized spacial score (nSPS) is 13.1. The molecule has 4 nitrogen and oxygen atoms in total. The third-order valence-corrected chi connectivity index (χ3v) is 1.52. The number of hydrogen-bond acceptors (Lipinski definition) is 2. The molecule has 0 saturated heterocycles. The molecule has 12 heavy (non-hydrogen) atoms. The second kappa shape index (κ2) is 3.38. The van der Waals surface area contributed by atoms with Gasteiger partial charge in [-0.2, -0.15) is 5.10 Å². The van der Waals surface area contributed by atoms with E-state index in [1.165, 1.54) is 0 Å². The molecule has 0 radical (unpaired) electrons. The van der Waals surface area contributed by atoms with Crippen molar-refractivity contribution in [2.24, 2.45) is 0 Å². The number of aryl methyl sites for hydroxylation is 1. The lowest BCUT2D eigenvalue weighted by Crippen LogP contribution is -2.13. The standard InChI is InChI=1S/C6H7N3O.C2H6/c1-4-2-5-6(10)7-3-9(5)8-4;1-2/h2H,3H2,1H3,(H,7,10);1-2H3. The molecule has 1 aromatic heterocycles. The van der Waals surface area contributed by atoms with Gasteiger partial charge in [-0.1, -0.05) is 13.8 Å². The zero-order valence-electron chi connectivity index (χ0n) is 7.59. The van der Waals surface area contributed by atoms with Crippen molar-refractivity contribution in [2.75, 3.05) is 0 Å². The third kappa shape index (κ3) is 1.32. The maximum absolute atomic E-state index is 10.9. The van der Waals surface area contributed by atoms with Crippen LogP contribution >= 0.6 is 0 Å². The van der Waals surface area contributed by atoms with E-state index in [1.807, 2.05) is 20.8 Å². The quantitative estimate of drug-likeness (QED) is 0.624. The first-order chi connectivity index (χ1) is 5.77. The predicted molar refractivity (Wildman–Crippen MR) is 45.8 cm³/mol. The predicted octanol–water partition coefficient (Wildman–Crippen LogP) is 0.919. The van der Waals surface area contributed by atoms with Gasteiger partial charge >= 0.3 is 0 Å². The van der Waals surface area contributed by atoms with Crippen LogP contribution in [0.4, 0.5) is 0 Å². The molecule has 0 atom stereocenters. The van der Waals surface area contributed by atoms with Crippen LogP contribution in [0.15, 0.2) is 6.07 Å². The fraction of sp³-hybridized carbons (Fsp3) is 0.500. The van der Waals surface area contributed by atoms with Crippen molar-refractivity contribution in [3.63, 3.8) is 0 Å². The Balaban J connectivity index is 0.000000336. The second-order valence-corrected chi connectivity index (χ2v) is 2.33. The number of hydrogen-bond donors (Lipinski definition) is 1. The Morgan fingerprint density at radius 3 is 2.83 bits per heavy atom. The van der Waals surface area contributed by atoms with E-state index in [-0.39, 0.29) is 5.91 Å². The summed E-state index contributed by atoms with van der Waals surface area (Å²) >= 11 is 0. The van der Waals surface area contributed by atoms with Crippen LogP contribution < -0.4 is 5.32 Å². The van der Waals surface area contributed by atoms with Gasteiger partial charge in [-0.15, -0.1) is 0 Å². The van der Waals surface area contributed by atoms with E-state index < -0.39 is 0 Å². The van der Waals surface area contributed by atoms with Gasteiger partial charge in [0.1, 0.15) is 12.4 Å². The second-order valence-electron chi connectivity index (χ2n) is 2.33. The Morgan fingerprint density at radius 2 is 2.25 bits per heavy atom. The molecule has 2 rings (SSSR count). The van der Waals surface area contributed by atoms with Crippen LogP contribution in [0.2, 0.25) is 0 Å². The zero-order valence-corrected chi connectivity index (χ0v) is 7.59. The van der Waals surface area contributed by atoms with Gasteiger partial charge in [-0.3, -0.25) is 4.79 Å². The summed E-state index contributed by atoms with van der Waals surface area (Å²) in [6, 6.07) is 1.78. The SMILES string of the molecule is CC.Cc1cc2n(n1)CNC2=O. The molecular weight excluding hydrogens is 154 g/mol. The Bertz CT molecular complexity index is 290. The minimum absolute atomic E-state index is 0.0272. The fourth-order valence-electron chi connectivity index (χ4n) is 1.09. The number of rotatable bonds is 0. The number of amides is 1. The van der Waals surface area contributed by atoms with Crippen molar-refractivity contribution < 1.29 is 4.79 Å². The van der Waals surface area contributed by atoms with Gasteiger partial charge in [0.2, 0.25) is 0 Å². The van der Waals surface area contributed by atoms with Gasteiger partial charge in [0, 0.05) is 0 Å². The minimum atomic E-state index is -0.0272. The van der Waals surface area contributed by atoms with Crippen LogP contribution in [-0.2, 0) is 6.67 Å². The van der Waals surface area contributed by atoms with Crippen molar-refractivity contribution in [3.05, 3.63) is 17.5 Å². The monoisotopic (exact) mass is 167 g/mol. The Morgan fingerprint density at radius 1 is 1.58 bits per heavy atom.